The van der Waals surface area contributed by atoms with Gasteiger partial charge in [0.1, 0.15) is 0 Å². The first-order chi connectivity index (χ1) is 31.1. The molecular weight excluding hydrogens is 931 g/mol. The maximum absolute atomic E-state index is 11.2. The Kier molecular flexibility index (Phi) is 66.1. The smallest absolute Gasteiger partial charge is 0.314 e. The van der Waals surface area contributed by atoms with Gasteiger partial charge in [-0.15, -0.1) is 0 Å². The minimum atomic E-state index is -3.37. The Balaban J connectivity index is -0.000000130. The molecule has 0 spiro atoms. The molecule has 406 valence electrons. The molecule has 0 aromatic heterocycles. The number of nitrogens with one attached hydrogen (secondary N) is 8. The minimum Gasteiger partial charge on any atom is -0.395 e. The number of carbonyl (C=O) groups excluding carboxylic acids is 5. The van der Waals surface area contributed by atoms with E-state index in [9.17, 15) is 51.0 Å². The van der Waals surface area contributed by atoms with Crippen molar-refractivity contribution in [3.63, 3.8) is 0 Å². The average Bonchev–Trinajstić information content (AvgIpc) is 3.28. The number of sulfone groups is 1. The summed E-state index contributed by atoms with van der Waals surface area (Å²) >= 11 is 0. The molecule has 0 fully saturated rings. The van der Waals surface area contributed by atoms with E-state index in [-0.39, 0.29) is 84.2 Å². The fraction of sp³-hybridized carbons (Fsp3) is 0.872. The molecule has 26 nitrogen and oxygen atoms in total. The van der Waals surface area contributed by atoms with Crippen molar-refractivity contribution in [1.82, 2.24) is 46.2 Å². The summed E-state index contributed by atoms with van der Waals surface area (Å²) in [5, 5.41) is 82.8. The van der Waals surface area contributed by atoms with Crippen LogP contribution in [-0.4, -0.2) is 228 Å². The Morgan fingerprint density at radius 2 is 0.821 bits per heavy atom. The molecule has 6 amide bonds. The molecule has 0 aliphatic carbocycles. The number of carbonyl (C=O) groups is 5. The van der Waals surface area contributed by atoms with Gasteiger partial charge in [0.05, 0.1) is 45.4 Å². The molecule has 0 heterocycles. The molecular formula is C39H91N9O17S2. The van der Waals surface area contributed by atoms with Crippen molar-refractivity contribution >= 4 is 49.7 Å². The van der Waals surface area contributed by atoms with Crippen molar-refractivity contribution < 1.29 is 81.7 Å². The van der Waals surface area contributed by atoms with Gasteiger partial charge in [0.2, 0.25) is 0 Å². The number of aliphatic hydroxyl groups is 8. The van der Waals surface area contributed by atoms with Crippen LogP contribution in [0.2, 0.25) is 0 Å². The molecule has 16 N–H and O–H groups in total. The highest BCUT2D eigenvalue weighted by atomic mass is 32.2. The average molecular weight is 1020 g/mol. The quantitative estimate of drug-likeness (QED) is 0.0313. The highest BCUT2D eigenvalue weighted by Gasteiger charge is 2.29. The monoisotopic (exact) mass is 1020 g/mol. The van der Waals surface area contributed by atoms with Gasteiger partial charge in [-0.05, 0) is 52.1 Å². The minimum absolute atomic E-state index is 0. The Morgan fingerprint density at radius 3 is 1.22 bits per heavy atom. The number of nitrogens with zero attached hydrogens (tertiary/aromatic N) is 1. The van der Waals surface area contributed by atoms with Crippen LogP contribution in [0.4, 0.5) is 4.79 Å². The Hall–Kier alpha value is -3.39. The fourth-order valence-corrected chi connectivity index (χ4v) is 5.69. The third-order valence-electron chi connectivity index (χ3n) is 6.82. The van der Waals surface area contributed by atoms with Gasteiger partial charge in [0, 0.05) is 64.7 Å². The number of likely N-dealkylation sites (N-methyl/N-ethyl adjacent to an activating group) is 1. The molecule has 0 radical (unpaired) electrons. The summed E-state index contributed by atoms with van der Waals surface area (Å²) < 4.78 is 47.4. The first-order valence-electron chi connectivity index (χ1n) is 21.9. The van der Waals surface area contributed by atoms with Crippen LogP contribution in [0.5, 0.6) is 0 Å². The van der Waals surface area contributed by atoms with Gasteiger partial charge in [0.15, 0.2) is 22.0 Å². The third-order valence-corrected chi connectivity index (χ3v) is 9.82. The highest BCUT2D eigenvalue weighted by Crippen LogP contribution is 1.95. The summed E-state index contributed by atoms with van der Waals surface area (Å²) in [5.41, 5.74) is 0. The van der Waals surface area contributed by atoms with Crippen LogP contribution >= 0.6 is 0 Å². The topological polar surface area (TPSA) is 415 Å². The van der Waals surface area contributed by atoms with Gasteiger partial charge in [-0.1, -0.05) is 49.0 Å². The van der Waals surface area contributed by atoms with Gasteiger partial charge in [0.25, 0.3) is 22.0 Å². The van der Waals surface area contributed by atoms with Crippen LogP contribution < -0.4 is 41.3 Å². The van der Waals surface area contributed by atoms with Crippen LogP contribution in [0.3, 0.4) is 0 Å². The number of amides is 6. The molecule has 0 aromatic carbocycles. The lowest BCUT2D eigenvalue weighted by atomic mass is 10.1. The van der Waals surface area contributed by atoms with Crippen LogP contribution in [0, 0.1) is 0 Å². The predicted octanol–water partition coefficient (Wildman–Crippen LogP) is -4.78. The first-order valence-corrected chi connectivity index (χ1v) is 25.2. The third kappa shape index (κ3) is 62.6. The molecule has 0 unspecified atom stereocenters. The van der Waals surface area contributed by atoms with Gasteiger partial charge in [-0.25, -0.2) is 22.7 Å². The summed E-state index contributed by atoms with van der Waals surface area (Å²) in [4.78, 5) is 56.6. The van der Waals surface area contributed by atoms with Crippen molar-refractivity contribution in [2.24, 2.45) is 0 Å². The van der Waals surface area contributed by atoms with E-state index in [1.807, 2.05) is 34.7 Å². The van der Waals surface area contributed by atoms with E-state index in [0.29, 0.717) is 45.6 Å². The zero-order chi connectivity index (χ0) is 52.2. The maximum atomic E-state index is 11.2. The lowest BCUT2D eigenvalue weighted by molar-refractivity contribution is -0.146. The number of hydrogen-bond donors (Lipinski definition) is 16. The number of urea groups is 1. The molecule has 28 heteroatoms. The van der Waals surface area contributed by atoms with Crippen LogP contribution in [-0.2, 0) is 39.2 Å². The lowest BCUT2D eigenvalue weighted by Crippen LogP contribution is -2.50. The molecule has 0 saturated carbocycles. The second kappa shape index (κ2) is 56.9. The molecule has 0 bridgehead atoms. The highest BCUT2D eigenvalue weighted by molar-refractivity contribution is 7.91. The van der Waals surface area contributed by atoms with Crippen molar-refractivity contribution in [3.05, 3.63) is 0 Å². The first kappa shape index (κ1) is 77.8. The number of aliphatic hydroxyl groups excluding tert-OH is 8. The summed E-state index contributed by atoms with van der Waals surface area (Å²) in [5.74, 6) is -2.95. The van der Waals surface area contributed by atoms with E-state index in [1.54, 1.807) is 6.92 Å². The normalized spacial score (nSPS) is 11.1. The van der Waals surface area contributed by atoms with Crippen LogP contribution in [0.1, 0.15) is 87.5 Å². The SMILES string of the molecule is C.CCCN(C)CCO.CCCNC(=O)C(=O)NCCO.CCCNC(=O)NCCO.CCCNC(=O)[C@H](O)[C@@H](O)C(=O)NCCO.CCCNS(=O)(=O)NCCO.CCCS(=O)(=O)CCO. The summed E-state index contributed by atoms with van der Waals surface area (Å²) in [6.45, 7) is 15.1. The largest absolute Gasteiger partial charge is 0.395 e. The zero-order valence-corrected chi connectivity index (χ0v) is 41.8. The molecule has 2 atom stereocenters. The molecule has 0 aliphatic rings. The van der Waals surface area contributed by atoms with E-state index in [0.717, 1.165) is 38.8 Å². The summed E-state index contributed by atoms with van der Waals surface area (Å²) in [6, 6.07) is -0.212. The van der Waals surface area contributed by atoms with E-state index >= 15 is 0 Å². The Bertz CT molecular complexity index is 1290. The van der Waals surface area contributed by atoms with Crippen LogP contribution in [0.25, 0.3) is 0 Å². The fourth-order valence-electron chi connectivity index (χ4n) is 3.65. The summed E-state index contributed by atoms with van der Waals surface area (Å²) in [6.07, 6.45) is 1.31. The molecule has 0 aromatic rings. The van der Waals surface area contributed by atoms with Crippen molar-refractivity contribution in [2.45, 2.75) is 99.7 Å². The van der Waals surface area contributed by atoms with E-state index < -0.39 is 55.9 Å². The number of hydrogen-bond acceptors (Lipinski definition) is 18. The van der Waals surface area contributed by atoms with E-state index in [1.165, 1.54) is 0 Å². The van der Waals surface area contributed by atoms with Gasteiger partial charge < -0.3 is 77.7 Å². The van der Waals surface area contributed by atoms with E-state index in [4.69, 9.17) is 30.6 Å². The molecule has 67 heavy (non-hydrogen) atoms. The maximum Gasteiger partial charge on any atom is 0.314 e. The second-order valence-corrected chi connectivity index (χ2v) is 17.1. The number of rotatable bonds is 29. The Morgan fingerprint density at radius 1 is 0.448 bits per heavy atom. The molecule has 0 saturated heterocycles. The predicted molar refractivity (Wildman–Crippen MR) is 258 cm³/mol. The molecule has 0 aliphatic heterocycles. The van der Waals surface area contributed by atoms with Crippen LogP contribution in [0.15, 0.2) is 0 Å². The van der Waals surface area contributed by atoms with Gasteiger partial charge in [-0.3, -0.25) is 19.2 Å². The zero-order valence-electron chi connectivity index (χ0n) is 40.1. The standard InChI is InChI=1S/C9H18N2O5.C7H14N2O3.C6H14N2O2.C6H15NO.C5H14N2O3S.C5H12O3S.CH4/c1-2-3-10-8(15)6(13)7(14)9(16)11-4-5-12;1-2-3-8-6(11)7(12)9-4-5-10;1-2-3-7-6(10)8-4-5-9;1-3-4-7(2)5-6-8;1-2-3-6-11(9,10)7-4-5-8;1-2-4-9(7,8)5-3-6;/h6-7,12-14H,2-5H2,1H3,(H,10,15)(H,11,16);10H,2-5H2,1H3,(H,8,11)(H,9,12);9H,2-5H2,1H3,(H2,7,8,10);8H,3-6H2,1-2H3;6-8H,2-5H2,1H3;6H,2-5H2,1H3;1H4/t6-,7-;;;;;;/m1....../s1. The Labute approximate surface area is 399 Å². The van der Waals surface area contributed by atoms with E-state index in [2.05, 4.69) is 53.2 Å². The lowest BCUT2D eigenvalue weighted by Gasteiger charge is -2.16. The van der Waals surface area contributed by atoms with Gasteiger partial charge >= 0.3 is 17.8 Å². The van der Waals surface area contributed by atoms with Crippen molar-refractivity contribution in [3.8, 4) is 0 Å². The second-order valence-electron chi connectivity index (χ2n) is 13.3. The summed E-state index contributed by atoms with van der Waals surface area (Å²) in [7, 11) is -4.28. The van der Waals surface area contributed by atoms with Crippen molar-refractivity contribution in [1.29, 1.82) is 0 Å². The molecule has 0 rings (SSSR count). The van der Waals surface area contributed by atoms with Crippen molar-refractivity contribution in [2.75, 3.05) is 124 Å². The van der Waals surface area contributed by atoms with Gasteiger partial charge in [-0.2, -0.15) is 8.42 Å².